The first-order valence-electron chi connectivity index (χ1n) is 8.29. The lowest BCUT2D eigenvalue weighted by Gasteiger charge is -2.12. The zero-order chi connectivity index (χ0) is 17.0. The van der Waals surface area contributed by atoms with Crippen molar-refractivity contribution < 1.29 is 14.3 Å². The van der Waals surface area contributed by atoms with Gasteiger partial charge in [-0.25, -0.2) is 4.79 Å². The maximum atomic E-state index is 12.7. The molecule has 0 aromatic carbocycles. The maximum absolute atomic E-state index is 12.7. The predicted molar refractivity (Wildman–Crippen MR) is 89.8 cm³/mol. The van der Waals surface area contributed by atoms with E-state index in [0.717, 1.165) is 31.4 Å². The van der Waals surface area contributed by atoms with Gasteiger partial charge < -0.3 is 14.6 Å². The molecule has 1 aliphatic carbocycles. The molecule has 0 spiro atoms. The van der Waals surface area contributed by atoms with E-state index in [2.05, 4.69) is 11.9 Å². The van der Waals surface area contributed by atoms with Crippen LogP contribution in [0.25, 0.3) is 0 Å². The first-order chi connectivity index (χ1) is 11.0. The Bertz CT molecular complexity index is 610. The van der Waals surface area contributed by atoms with E-state index >= 15 is 0 Å². The molecule has 23 heavy (non-hydrogen) atoms. The summed E-state index contributed by atoms with van der Waals surface area (Å²) in [5.74, 6) is -0.491. The number of amides is 1. The molecule has 5 nitrogen and oxygen atoms in total. The minimum Gasteiger partial charge on any atom is -0.461 e. The molecule has 1 heterocycles. The van der Waals surface area contributed by atoms with E-state index in [1.807, 2.05) is 18.4 Å². The van der Waals surface area contributed by atoms with Gasteiger partial charge in [0.15, 0.2) is 0 Å². The quantitative estimate of drug-likeness (QED) is 0.647. The second kappa shape index (κ2) is 7.49. The summed E-state index contributed by atoms with van der Waals surface area (Å²) in [6.07, 6.45) is 6.10. The number of aromatic nitrogens is 1. The lowest BCUT2D eigenvalue weighted by molar-refractivity contribution is 0.0513. The Hall–Kier alpha value is -2.04. The van der Waals surface area contributed by atoms with Crippen molar-refractivity contribution in [3.05, 3.63) is 35.2 Å². The van der Waals surface area contributed by atoms with Crippen LogP contribution in [0.3, 0.4) is 0 Å². The average Bonchev–Trinajstić information content (AvgIpc) is 3.07. The molecule has 1 aromatic heterocycles. The number of hydrogen-bond donors (Lipinski definition) is 1. The molecule has 5 heteroatoms. The van der Waals surface area contributed by atoms with Crippen molar-refractivity contribution in [1.82, 2.24) is 9.88 Å². The van der Waals surface area contributed by atoms with Crippen molar-refractivity contribution in [2.75, 3.05) is 6.61 Å². The van der Waals surface area contributed by atoms with Gasteiger partial charge in [0.2, 0.25) is 0 Å². The Balaban J connectivity index is 2.38. The van der Waals surface area contributed by atoms with Gasteiger partial charge >= 0.3 is 5.97 Å². The van der Waals surface area contributed by atoms with Crippen LogP contribution in [0.4, 0.5) is 0 Å². The fraction of sp³-hybridized carbons (Fsp3) is 0.556. The number of nitrogens with one attached hydrogen (secondary N) is 1. The van der Waals surface area contributed by atoms with E-state index in [1.54, 1.807) is 13.0 Å². The molecule has 1 saturated carbocycles. The van der Waals surface area contributed by atoms with Crippen molar-refractivity contribution in [1.29, 1.82) is 0 Å². The molecule has 1 N–H and O–H groups in total. The van der Waals surface area contributed by atoms with Crippen molar-refractivity contribution >= 4 is 11.9 Å². The van der Waals surface area contributed by atoms with Gasteiger partial charge in [0.1, 0.15) is 5.69 Å². The average molecular weight is 318 g/mol. The van der Waals surface area contributed by atoms with Gasteiger partial charge in [-0.1, -0.05) is 18.9 Å². The molecule has 2 rings (SSSR count). The van der Waals surface area contributed by atoms with E-state index in [4.69, 9.17) is 4.74 Å². The molecule has 126 valence electrons. The summed E-state index contributed by atoms with van der Waals surface area (Å²) in [6, 6.07) is 0.245. The molecule has 1 fully saturated rings. The molecule has 0 unspecified atom stereocenters. The largest absolute Gasteiger partial charge is 0.461 e. The van der Waals surface area contributed by atoms with Crippen LogP contribution in [-0.4, -0.2) is 29.1 Å². The third-order valence-corrected chi connectivity index (χ3v) is 4.46. The number of nitrogens with zero attached hydrogens (tertiary/aromatic N) is 1. The second-order valence-corrected chi connectivity index (χ2v) is 6.01. The third-order valence-electron chi connectivity index (χ3n) is 4.46. The zero-order valence-corrected chi connectivity index (χ0v) is 14.3. The molecular weight excluding hydrogens is 292 g/mol. The Kier molecular flexibility index (Phi) is 5.64. The predicted octanol–water partition coefficient (Wildman–Crippen LogP) is 3.14. The highest BCUT2D eigenvalue weighted by Gasteiger charge is 2.28. The maximum Gasteiger partial charge on any atom is 0.355 e. The van der Waals surface area contributed by atoms with Gasteiger partial charge in [0, 0.05) is 18.3 Å². The van der Waals surface area contributed by atoms with Crippen LogP contribution in [0, 0.1) is 13.8 Å². The van der Waals surface area contributed by atoms with Crippen LogP contribution < -0.4 is 5.32 Å². The van der Waals surface area contributed by atoms with Crippen molar-refractivity contribution in [2.24, 2.45) is 0 Å². The number of carbonyl (C=O) groups is 2. The Morgan fingerprint density at radius 1 is 1.35 bits per heavy atom. The van der Waals surface area contributed by atoms with Gasteiger partial charge in [0.25, 0.3) is 5.91 Å². The molecule has 1 aliphatic rings. The summed E-state index contributed by atoms with van der Waals surface area (Å²) >= 11 is 0. The number of hydrogen-bond acceptors (Lipinski definition) is 3. The van der Waals surface area contributed by atoms with Crippen LogP contribution in [0.1, 0.15) is 64.7 Å². The molecule has 1 aromatic rings. The van der Waals surface area contributed by atoms with E-state index in [1.165, 1.54) is 0 Å². The highest BCUT2D eigenvalue weighted by atomic mass is 16.5. The number of allylic oxidation sites excluding steroid dienone is 1. The summed E-state index contributed by atoms with van der Waals surface area (Å²) in [5, 5.41) is 3.10. The number of ether oxygens (including phenoxy) is 1. The minimum atomic E-state index is -0.394. The third kappa shape index (κ3) is 3.49. The van der Waals surface area contributed by atoms with Crippen molar-refractivity contribution in [3.8, 4) is 0 Å². The smallest absolute Gasteiger partial charge is 0.355 e. The molecule has 0 saturated heterocycles. The lowest BCUT2D eigenvalue weighted by Crippen LogP contribution is -2.33. The fourth-order valence-electron chi connectivity index (χ4n) is 3.38. The fourth-order valence-corrected chi connectivity index (χ4v) is 3.38. The topological polar surface area (TPSA) is 60.3 Å². The number of esters is 1. The highest BCUT2D eigenvalue weighted by Crippen LogP contribution is 2.25. The Labute approximate surface area is 137 Å². The molecule has 0 bridgehead atoms. The summed E-state index contributed by atoms with van der Waals surface area (Å²) in [7, 11) is 0. The minimum absolute atomic E-state index is 0.0970. The number of rotatable bonds is 6. The first kappa shape index (κ1) is 17.3. The zero-order valence-electron chi connectivity index (χ0n) is 14.3. The Morgan fingerprint density at radius 3 is 2.57 bits per heavy atom. The van der Waals surface area contributed by atoms with Crippen LogP contribution in [0.15, 0.2) is 12.7 Å². The normalized spacial score (nSPS) is 14.7. The second-order valence-electron chi connectivity index (χ2n) is 6.01. The summed E-state index contributed by atoms with van der Waals surface area (Å²) in [4.78, 5) is 25.0. The number of carbonyl (C=O) groups excluding carboxylic acids is 2. The summed E-state index contributed by atoms with van der Waals surface area (Å²) < 4.78 is 6.96. The summed E-state index contributed by atoms with van der Waals surface area (Å²) in [6.45, 7) is 9.96. The van der Waals surface area contributed by atoms with Gasteiger partial charge in [-0.3, -0.25) is 4.79 Å². The van der Waals surface area contributed by atoms with E-state index in [-0.39, 0.29) is 11.9 Å². The van der Waals surface area contributed by atoms with E-state index in [9.17, 15) is 9.59 Å². The van der Waals surface area contributed by atoms with Gasteiger partial charge in [-0.2, -0.15) is 0 Å². The van der Waals surface area contributed by atoms with Crippen molar-refractivity contribution in [2.45, 2.75) is 59.0 Å². The van der Waals surface area contributed by atoms with Crippen molar-refractivity contribution in [3.63, 3.8) is 0 Å². The van der Waals surface area contributed by atoms with Crippen LogP contribution in [0.2, 0.25) is 0 Å². The van der Waals surface area contributed by atoms with Crippen LogP contribution in [-0.2, 0) is 11.3 Å². The Morgan fingerprint density at radius 2 is 2.00 bits per heavy atom. The molecular formula is C18H26N2O3. The monoisotopic (exact) mass is 318 g/mol. The highest BCUT2D eigenvalue weighted by molar-refractivity contribution is 6.01. The molecule has 0 aliphatic heterocycles. The SMILES string of the molecule is C=CCn1c(C)c(C(=O)NC2CCCC2)c(C)c1C(=O)OCC. The van der Waals surface area contributed by atoms with E-state index in [0.29, 0.717) is 30.0 Å². The van der Waals surface area contributed by atoms with Crippen LogP contribution >= 0.6 is 0 Å². The molecule has 0 atom stereocenters. The van der Waals surface area contributed by atoms with E-state index < -0.39 is 5.97 Å². The molecule has 1 amide bonds. The van der Waals surface area contributed by atoms with Gasteiger partial charge in [-0.15, -0.1) is 6.58 Å². The van der Waals surface area contributed by atoms with Crippen LogP contribution in [0.5, 0.6) is 0 Å². The first-order valence-corrected chi connectivity index (χ1v) is 8.29. The lowest BCUT2D eigenvalue weighted by atomic mass is 10.1. The standard InChI is InChI=1S/C18H26N2O3/c1-5-11-20-13(4)15(12(3)16(20)18(22)23-6-2)17(21)19-14-9-7-8-10-14/h5,14H,1,6-11H2,2-4H3,(H,19,21). The van der Waals surface area contributed by atoms with Gasteiger partial charge in [0.05, 0.1) is 12.2 Å². The van der Waals surface area contributed by atoms with Gasteiger partial charge in [-0.05, 0) is 39.2 Å². The summed E-state index contributed by atoms with van der Waals surface area (Å²) in [5.41, 5.74) is 2.49. The molecule has 0 radical (unpaired) electrons.